The van der Waals surface area contributed by atoms with Crippen molar-refractivity contribution in [2.24, 2.45) is 0 Å². The number of rotatable bonds is 5. The molecule has 4 rings (SSSR count). The number of ether oxygens (including phenoxy) is 1. The van der Waals surface area contributed by atoms with E-state index in [2.05, 4.69) is 0 Å². The Morgan fingerprint density at radius 1 is 1.24 bits per heavy atom. The zero-order valence-corrected chi connectivity index (χ0v) is 15.8. The van der Waals surface area contributed by atoms with Crippen LogP contribution in [0.4, 0.5) is 0 Å². The summed E-state index contributed by atoms with van der Waals surface area (Å²) >= 11 is 3.28. The van der Waals surface area contributed by atoms with Gasteiger partial charge < -0.3 is 4.74 Å². The van der Waals surface area contributed by atoms with Gasteiger partial charge in [-0.1, -0.05) is 30.0 Å². The molecule has 130 valence electrons. The molecule has 0 unspecified atom stereocenters. The molecule has 0 atom stereocenters. The van der Waals surface area contributed by atoms with Crippen molar-refractivity contribution in [3.05, 3.63) is 51.1 Å². The third kappa shape index (κ3) is 3.14. The topological polar surface area (TPSA) is 44.1 Å². The lowest BCUT2D eigenvalue weighted by atomic mass is 9.97. The van der Waals surface area contributed by atoms with Crippen LogP contribution in [0.2, 0.25) is 0 Å². The fourth-order valence-corrected chi connectivity index (χ4v) is 5.52. The average molecular weight is 373 g/mol. The van der Waals surface area contributed by atoms with Gasteiger partial charge in [0, 0.05) is 17.7 Å². The van der Waals surface area contributed by atoms with Crippen LogP contribution >= 0.6 is 23.1 Å². The fourth-order valence-electron chi connectivity index (χ4n) is 3.30. The first-order valence-corrected chi connectivity index (χ1v) is 10.3. The van der Waals surface area contributed by atoms with E-state index in [0.717, 1.165) is 46.1 Å². The van der Waals surface area contributed by atoms with Gasteiger partial charge in [0.15, 0.2) is 5.16 Å². The maximum Gasteiger partial charge on any atom is 0.267 e. The van der Waals surface area contributed by atoms with Gasteiger partial charge in [-0.25, -0.2) is 4.98 Å². The number of hydrogen-bond acceptors (Lipinski definition) is 5. The summed E-state index contributed by atoms with van der Waals surface area (Å²) in [7, 11) is 1.69. The zero-order chi connectivity index (χ0) is 17.2. The molecule has 0 spiro atoms. The van der Waals surface area contributed by atoms with E-state index in [9.17, 15) is 4.79 Å². The number of aryl methyl sites for hydroxylation is 2. The molecule has 0 saturated carbocycles. The number of benzene rings is 1. The van der Waals surface area contributed by atoms with Crippen LogP contribution in [-0.4, -0.2) is 29.0 Å². The summed E-state index contributed by atoms with van der Waals surface area (Å²) in [6, 6.07) is 9.81. The van der Waals surface area contributed by atoms with Crippen LogP contribution in [0.5, 0.6) is 0 Å². The van der Waals surface area contributed by atoms with Crippen molar-refractivity contribution in [1.82, 2.24) is 9.55 Å². The Balaban J connectivity index is 1.93. The van der Waals surface area contributed by atoms with Crippen molar-refractivity contribution in [2.75, 3.05) is 19.5 Å². The molecule has 0 N–H and O–H groups in total. The monoisotopic (exact) mass is 372 g/mol. The predicted molar refractivity (Wildman–Crippen MR) is 104 cm³/mol. The predicted octanol–water partition coefficient (Wildman–Crippen LogP) is 4.06. The molecule has 3 aromatic rings. The Morgan fingerprint density at radius 2 is 2.04 bits per heavy atom. The second kappa shape index (κ2) is 7.32. The van der Waals surface area contributed by atoms with Crippen molar-refractivity contribution >= 4 is 33.3 Å². The van der Waals surface area contributed by atoms with Gasteiger partial charge in [0.1, 0.15) is 4.83 Å². The lowest BCUT2D eigenvalue weighted by Gasteiger charge is -2.13. The molecule has 25 heavy (non-hydrogen) atoms. The molecule has 1 aromatic carbocycles. The average Bonchev–Trinajstić information content (AvgIpc) is 3.01. The highest BCUT2D eigenvalue weighted by Crippen LogP contribution is 2.35. The molecule has 2 aromatic heterocycles. The molecule has 1 aliphatic carbocycles. The Morgan fingerprint density at radius 3 is 2.84 bits per heavy atom. The molecule has 6 heteroatoms. The highest BCUT2D eigenvalue weighted by Gasteiger charge is 2.22. The second-order valence-corrected chi connectivity index (χ2v) is 8.25. The van der Waals surface area contributed by atoms with E-state index in [1.54, 1.807) is 34.8 Å². The van der Waals surface area contributed by atoms with Crippen molar-refractivity contribution < 1.29 is 4.74 Å². The third-order valence-corrected chi connectivity index (χ3v) is 6.58. The van der Waals surface area contributed by atoms with Crippen molar-refractivity contribution in [3.8, 4) is 5.69 Å². The van der Waals surface area contributed by atoms with Gasteiger partial charge in [0.2, 0.25) is 0 Å². The molecule has 2 heterocycles. The Kier molecular flexibility index (Phi) is 4.92. The van der Waals surface area contributed by atoms with Crippen LogP contribution in [0.1, 0.15) is 23.3 Å². The van der Waals surface area contributed by atoms with Gasteiger partial charge in [0.25, 0.3) is 5.56 Å². The minimum absolute atomic E-state index is 0.0653. The highest BCUT2D eigenvalue weighted by atomic mass is 32.2. The van der Waals surface area contributed by atoms with Crippen molar-refractivity contribution in [3.63, 3.8) is 0 Å². The summed E-state index contributed by atoms with van der Waals surface area (Å²) < 4.78 is 6.93. The molecule has 1 aliphatic rings. The number of thiophene rings is 1. The Bertz CT molecular complexity index is 947. The molecule has 4 nitrogen and oxygen atoms in total. The quantitative estimate of drug-likeness (QED) is 0.385. The smallest absolute Gasteiger partial charge is 0.267 e. The van der Waals surface area contributed by atoms with Gasteiger partial charge in [0.05, 0.1) is 17.7 Å². The lowest BCUT2D eigenvalue weighted by Crippen LogP contribution is -2.22. The first kappa shape index (κ1) is 16.8. The minimum Gasteiger partial charge on any atom is -0.384 e. The van der Waals surface area contributed by atoms with Gasteiger partial charge in [-0.05, 0) is 43.4 Å². The molecule has 0 radical (unpaired) electrons. The van der Waals surface area contributed by atoms with Crippen LogP contribution in [0.15, 0.2) is 40.3 Å². The molecular formula is C19H20N2O2S2. The number of thioether (sulfide) groups is 1. The van der Waals surface area contributed by atoms with Gasteiger partial charge in [-0.3, -0.25) is 9.36 Å². The highest BCUT2D eigenvalue weighted by molar-refractivity contribution is 7.99. The van der Waals surface area contributed by atoms with Crippen molar-refractivity contribution in [1.29, 1.82) is 0 Å². The second-order valence-electron chi connectivity index (χ2n) is 6.10. The van der Waals surface area contributed by atoms with E-state index in [-0.39, 0.29) is 5.56 Å². The maximum absolute atomic E-state index is 13.4. The number of hydrogen-bond donors (Lipinski definition) is 0. The lowest BCUT2D eigenvalue weighted by molar-refractivity contribution is 0.218. The Hall–Kier alpha value is -1.63. The van der Waals surface area contributed by atoms with E-state index in [0.29, 0.717) is 6.61 Å². The zero-order valence-electron chi connectivity index (χ0n) is 14.2. The molecular weight excluding hydrogens is 352 g/mol. The number of para-hydroxylation sites is 1. The first-order valence-electron chi connectivity index (χ1n) is 8.54. The first-order chi connectivity index (χ1) is 12.3. The number of fused-ring (bicyclic) bond motifs is 3. The van der Waals surface area contributed by atoms with Crippen LogP contribution < -0.4 is 5.56 Å². The van der Waals surface area contributed by atoms with Crippen LogP contribution in [0, 0.1) is 0 Å². The fraction of sp³-hybridized carbons (Fsp3) is 0.368. The van der Waals surface area contributed by atoms with E-state index in [1.807, 2.05) is 30.3 Å². The molecule has 0 amide bonds. The summed E-state index contributed by atoms with van der Waals surface area (Å²) in [5.74, 6) is 0.770. The normalized spacial score (nSPS) is 14.0. The van der Waals surface area contributed by atoms with E-state index >= 15 is 0 Å². The summed E-state index contributed by atoms with van der Waals surface area (Å²) in [4.78, 5) is 20.5. The van der Waals surface area contributed by atoms with E-state index < -0.39 is 0 Å². The van der Waals surface area contributed by atoms with Crippen LogP contribution in [0.25, 0.3) is 15.9 Å². The third-order valence-electron chi connectivity index (χ3n) is 4.49. The van der Waals surface area contributed by atoms with Crippen molar-refractivity contribution in [2.45, 2.75) is 30.8 Å². The van der Waals surface area contributed by atoms with Gasteiger partial charge in [-0.2, -0.15) is 0 Å². The summed E-state index contributed by atoms with van der Waals surface area (Å²) in [5.41, 5.74) is 2.18. The van der Waals surface area contributed by atoms with Gasteiger partial charge in [-0.15, -0.1) is 11.3 Å². The van der Waals surface area contributed by atoms with E-state index in [4.69, 9.17) is 9.72 Å². The molecule has 0 saturated heterocycles. The SMILES string of the molecule is COCCSc1nc2sc3c(c2c(=O)n1-c1ccccc1)CCCC3. The summed E-state index contributed by atoms with van der Waals surface area (Å²) in [5, 5.41) is 1.58. The molecule has 0 bridgehead atoms. The summed E-state index contributed by atoms with van der Waals surface area (Å²) in [6.07, 6.45) is 4.45. The van der Waals surface area contributed by atoms with Crippen LogP contribution in [-0.2, 0) is 17.6 Å². The minimum atomic E-state index is 0.0653. The molecule has 0 aliphatic heterocycles. The van der Waals surface area contributed by atoms with E-state index in [1.165, 1.54) is 16.9 Å². The maximum atomic E-state index is 13.4. The molecule has 0 fully saturated rings. The van der Waals surface area contributed by atoms with Crippen LogP contribution in [0.3, 0.4) is 0 Å². The largest absolute Gasteiger partial charge is 0.384 e. The summed E-state index contributed by atoms with van der Waals surface area (Å²) in [6.45, 7) is 0.633. The standard InChI is InChI=1S/C19H20N2O2S2/c1-23-11-12-24-19-20-17-16(14-9-5-6-10-15(14)25-17)18(22)21(19)13-7-3-2-4-8-13/h2-4,7-8H,5-6,9-12H2,1H3. The number of methoxy groups -OCH3 is 1. The number of aromatic nitrogens is 2. The Labute approximate surface area is 154 Å². The number of nitrogens with zero attached hydrogens (tertiary/aromatic N) is 2. The van der Waals surface area contributed by atoms with Gasteiger partial charge >= 0.3 is 0 Å².